The van der Waals surface area contributed by atoms with Crippen LogP contribution in [0.1, 0.15) is 12.8 Å². The van der Waals surface area contributed by atoms with Gasteiger partial charge in [-0.15, -0.1) is 0 Å². The first-order valence-corrected chi connectivity index (χ1v) is 4.50. The van der Waals surface area contributed by atoms with E-state index in [0.717, 1.165) is 0 Å². The molecule has 3 nitrogen and oxygen atoms in total. The van der Waals surface area contributed by atoms with Crippen molar-refractivity contribution in [3.05, 3.63) is 18.2 Å². The minimum absolute atomic E-state index is 0.0903. The molecular weight excluding hydrogens is 207 g/mol. The summed E-state index contributed by atoms with van der Waals surface area (Å²) in [7, 11) is 0. The summed E-state index contributed by atoms with van der Waals surface area (Å²) in [4.78, 5) is 3.78. The number of anilines is 2. The molecule has 1 saturated carbocycles. The van der Waals surface area contributed by atoms with Crippen molar-refractivity contribution in [1.82, 2.24) is 4.98 Å². The first kappa shape index (κ1) is 10.1. The van der Waals surface area contributed by atoms with Crippen molar-refractivity contribution in [1.29, 1.82) is 0 Å². The molecular formula is C9H10F3N3. The summed E-state index contributed by atoms with van der Waals surface area (Å²) in [6.07, 6.45) is -4.06. The number of alkyl halides is 3. The number of nitrogen functional groups attached to an aromatic ring is 1. The van der Waals surface area contributed by atoms with Crippen LogP contribution >= 0.6 is 0 Å². The van der Waals surface area contributed by atoms with Gasteiger partial charge in [0.15, 0.2) is 0 Å². The summed E-state index contributed by atoms with van der Waals surface area (Å²) in [5.74, 6) is 0.378. The SMILES string of the molecule is Nc1cccc(NC2(C(F)(F)F)CC2)n1. The van der Waals surface area contributed by atoms with Crippen molar-refractivity contribution in [2.45, 2.75) is 24.6 Å². The highest BCUT2D eigenvalue weighted by Gasteiger charge is 2.63. The predicted molar refractivity (Wildman–Crippen MR) is 50.3 cm³/mol. The molecule has 3 N–H and O–H groups in total. The number of hydrogen-bond acceptors (Lipinski definition) is 3. The number of nitrogens with one attached hydrogen (secondary N) is 1. The van der Waals surface area contributed by atoms with Gasteiger partial charge in [-0.25, -0.2) is 4.98 Å². The molecule has 6 heteroatoms. The summed E-state index contributed by atoms with van der Waals surface area (Å²) in [5.41, 5.74) is 3.59. The van der Waals surface area contributed by atoms with E-state index in [4.69, 9.17) is 5.73 Å². The Hall–Kier alpha value is -1.46. The lowest BCUT2D eigenvalue weighted by Crippen LogP contribution is -2.38. The molecule has 0 atom stereocenters. The van der Waals surface area contributed by atoms with Crippen LogP contribution in [0.2, 0.25) is 0 Å². The maximum absolute atomic E-state index is 12.6. The normalized spacial score (nSPS) is 18.6. The van der Waals surface area contributed by atoms with Crippen LogP contribution in [0.3, 0.4) is 0 Å². The molecule has 82 valence electrons. The van der Waals surface area contributed by atoms with Crippen molar-refractivity contribution in [2.24, 2.45) is 0 Å². The molecule has 1 fully saturated rings. The number of hydrogen-bond donors (Lipinski definition) is 2. The molecule has 15 heavy (non-hydrogen) atoms. The third kappa shape index (κ3) is 1.84. The number of aromatic nitrogens is 1. The Balaban J connectivity index is 2.16. The molecule has 0 aromatic carbocycles. The molecule has 0 radical (unpaired) electrons. The van der Waals surface area contributed by atoms with Gasteiger partial charge in [-0.1, -0.05) is 6.07 Å². The van der Waals surface area contributed by atoms with E-state index in [2.05, 4.69) is 10.3 Å². The molecule has 0 amide bonds. The molecule has 1 heterocycles. The van der Waals surface area contributed by atoms with E-state index in [1.807, 2.05) is 0 Å². The Kier molecular flexibility index (Phi) is 2.02. The van der Waals surface area contributed by atoms with E-state index in [9.17, 15) is 13.2 Å². The van der Waals surface area contributed by atoms with Crippen LogP contribution in [-0.4, -0.2) is 16.7 Å². The Bertz CT molecular complexity index is 371. The highest BCUT2D eigenvalue weighted by atomic mass is 19.4. The standard InChI is InChI=1S/C9H10F3N3/c10-9(11,12)8(4-5-8)15-7-3-1-2-6(13)14-7/h1-3H,4-5H2,(H3,13,14,15). The molecule has 2 rings (SSSR count). The van der Waals surface area contributed by atoms with Crippen LogP contribution in [-0.2, 0) is 0 Å². The van der Waals surface area contributed by atoms with Gasteiger partial charge in [0.1, 0.15) is 17.2 Å². The average Bonchev–Trinajstić information content (AvgIpc) is 2.84. The average molecular weight is 217 g/mol. The maximum Gasteiger partial charge on any atom is 0.411 e. The van der Waals surface area contributed by atoms with E-state index in [0.29, 0.717) is 0 Å². The Morgan fingerprint density at radius 2 is 2.00 bits per heavy atom. The zero-order valence-electron chi connectivity index (χ0n) is 7.80. The van der Waals surface area contributed by atoms with Crippen LogP contribution in [0.15, 0.2) is 18.2 Å². The molecule has 1 aliphatic carbocycles. The molecule has 1 aromatic heterocycles. The second-order valence-corrected chi connectivity index (χ2v) is 3.65. The summed E-state index contributed by atoms with van der Waals surface area (Å²) in [5, 5.41) is 2.39. The lowest BCUT2D eigenvalue weighted by molar-refractivity contribution is -0.151. The first-order valence-electron chi connectivity index (χ1n) is 4.50. The molecule has 0 unspecified atom stereocenters. The van der Waals surface area contributed by atoms with Crippen LogP contribution in [0, 0.1) is 0 Å². The summed E-state index contributed by atoms with van der Waals surface area (Å²) < 4.78 is 37.7. The van der Waals surface area contributed by atoms with Crippen molar-refractivity contribution in [3.63, 3.8) is 0 Å². The highest BCUT2D eigenvalue weighted by Crippen LogP contribution is 2.50. The van der Waals surface area contributed by atoms with E-state index in [-0.39, 0.29) is 24.5 Å². The number of halogens is 3. The van der Waals surface area contributed by atoms with Crippen LogP contribution in [0.4, 0.5) is 24.8 Å². The summed E-state index contributed by atoms with van der Waals surface area (Å²) in [6, 6.07) is 4.57. The van der Waals surface area contributed by atoms with E-state index in [1.54, 1.807) is 6.07 Å². The second-order valence-electron chi connectivity index (χ2n) is 3.65. The first-order chi connectivity index (χ1) is 6.93. The fourth-order valence-corrected chi connectivity index (χ4v) is 1.37. The number of rotatable bonds is 2. The molecule has 0 spiro atoms. The van der Waals surface area contributed by atoms with Crippen molar-refractivity contribution < 1.29 is 13.2 Å². The van der Waals surface area contributed by atoms with Crippen LogP contribution in [0.5, 0.6) is 0 Å². The third-order valence-corrected chi connectivity index (χ3v) is 2.43. The van der Waals surface area contributed by atoms with Gasteiger partial charge in [0, 0.05) is 0 Å². The van der Waals surface area contributed by atoms with Gasteiger partial charge in [0.2, 0.25) is 0 Å². The molecule has 1 aromatic rings. The van der Waals surface area contributed by atoms with E-state index < -0.39 is 11.7 Å². The van der Waals surface area contributed by atoms with Gasteiger partial charge >= 0.3 is 6.18 Å². The van der Waals surface area contributed by atoms with Gasteiger partial charge in [-0.2, -0.15) is 13.2 Å². The van der Waals surface area contributed by atoms with Crippen LogP contribution < -0.4 is 11.1 Å². The summed E-state index contributed by atoms with van der Waals surface area (Å²) in [6.45, 7) is 0. The smallest absolute Gasteiger partial charge is 0.384 e. The minimum Gasteiger partial charge on any atom is -0.384 e. The minimum atomic E-state index is -4.24. The Labute approximate surface area is 84.5 Å². The Morgan fingerprint density at radius 1 is 1.33 bits per heavy atom. The molecule has 0 saturated heterocycles. The zero-order chi connectivity index (χ0) is 11.1. The van der Waals surface area contributed by atoms with E-state index in [1.165, 1.54) is 12.1 Å². The predicted octanol–water partition coefficient (Wildman–Crippen LogP) is 2.17. The molecule has 0 aliphatic heterocycles. The largest absolute Gasteiger partial charge is 0.411 e. The maximum atomic E-state index is 12.6. The van der Waals surface area contributed by atoms with Gasteiger partial charge in [-0.3, -0.25) is 0 Å². The quantitative estimate of drug-likeness (QED) is 0.798. The highest BCUT2D eigenvalue weighted by molar-refractivity contribution is 5.46. The molecule has 0 bridgehead atoms. The zero-order valence-corrected chi connectivity index (χ0v) is 7.80. The van der Waals surface area contributed by atoms with Gasteiger partial charge in [0.05, 0.1) is 0 Å². The second kappa shape index (κ2) is 3.01. The van der Waals surface area contributed by atoms with Crippen molar-refractivity contribution >= 4 is 11.6 Å². The fraction of sp³-hybridized carbons (Fsp3) is 0.444. The third-order valence-electron chi connectivity index (χ3n) is 2.43. The van der Waals surface area contributed by atoms with Gasteiger partial charge in [0.25, 0.3) is 0 Å². The number of nitrogens with zero attached hydrogens (tertiary/aromatic N) is 1. The van der Waals surface area contributed by atoms with Crippen molar-refractivity contribution in [2.75, 3.05) is 11.1 Å². The number of nitrogens with two attached hydrogens (primary N) is 1. The summed E-state index contributed by atoms with van der Waals surface area (Å²) >= 11 is 0. The fourth-order valence-electron chi connectivity index (χ4n) is 1.37. The van der Waals surface area contributed by atoms with Gasteiger partial charge < -0.3 is 11.1 Å². The van der Waals surface area contributed by atoms with Crippen molar-refractivity contribution in [3.8, 4) is 0 Å². The lowest BCUT2D eigenvalue weighted by atomic mass is 10.2. The van der Waals surface area contributed by atoms with E-state index >= 15 is 0 Å². The topological polar surface area (TPSA) is 50.9 Å². The Morgan fingerprint density at radius 3 is 2.47 bits per heavy atom. The number of pyridine rings is 1. The molecule has 1 aliphatic rings. The van der Waals surface area contributed by atoms with Crippen LogP contribution in [0.25, 0.3) is 0 Å². The monoisotopic (exact) mass is 217 g/mol. The van der Waals surface area contributed by atoms with Gasteiger partial charge in [-0.05, 0) is 25.0 Å². The lowest BCUT2D eigenvalue weighted by Gasteiger charge is -2.21.